The van der Waals surface area contributed by atoms with Crippen molar-refractivity contribution in [1.82, 2.24) is 4.90 Å². The maximum absolute atomic E-state index is 12.0. The van der Waals surface area contributed by atoms with Crippen LogP contribution in [-0.2, 0) is 10.4 Å². The van der Waals surface area contributed by atoms with E-state index in [4.69, 9.17) is 5.73 Å². The van der Waals surface area contributed by atoms with E-state index in [1.165, 1.54) is 44.1 Å². The molecule has 172 valence electrons. The van der Waals surface area contributed by atoms with Crippen LogP contribution in [0.1, 0.15) is 24.5 Å². The van der Waals surface area contributed by atoms with E-state index in [0.29, 0.717) is 0 Å². The van der Waals surface area contributed by atoms with Gasteiger partial charge in [-0.15, -0.1) is 0 Å². The molecule has 0 heterocycles. The molecule has 0 radical (unpaired) electrons. The summed E-state index contributed by atoms with van der Waals surface area (Å²) in [7, 11) is 3.07. The van der Waals surface area contributed by atoms with Gasteiger partial charge < -0.3 is 46.4 Å². The van der Waals surface area contributed by atoms with Crippen molar-refractivity contribution in [3.8, 4) is 5.75 Å². The quantitative estimate of drug-likeness (QED) is 0.315. The molecule has 0 aromatic heterocycles. The molecule has 10 heteroatoms. The van der Waals surface area contributed by atoms with Gasteiger partial charge in [0.25, 0.3) is 5.91 Å². The number of aliphatic hydroxyl groups is 6. The molecule has 1 aromatic carbocycles. The molecule has 1 aromatic rings. The fourth-order valence-electron chi connectivity index (χ4n) is 5.51. The van der Waals surface area contributed by atoms with Gasteiger partial charge in [0.2, 0.25) is 0 Å². The highest BCUT2D eigenvalue weighted by atomic mass is 16.4. The zero-order valence-corrected chi connectivity index (χ0v) is 17.7. The highest BCUT2D eigenvalue weighted by molar-refractivity contribution is 5.97. The largest absolute Gasteiger partial charge is 0.508 e. The SMILES string of the molecule is CN(C)C1=C(O)C(C(N)=O)=C(O)[C@@]2(O)C(O)C3=C(O)c4c(O)cccc4[C@@](C)(O)[C@H]3C[C@@H]12. The number of carbonyl (C=O) groups excluding carboxylic acids is 1. The van der Waals surface area contributed by atoms with Crippen molar-refractivity contribution in [3.05, 3.63) is 57.7 Å². The highest BCUT2D eigenvalue weighted by Gasteiger charge is 2.64. The van der Waals surface area contributed by atoms with Crippen molar-refractivity contribution in [3.63, 3.8) is 0 Å². The molecule has 4 rings (SSSR count). The number of hydrogen-bond donors (Lipinski definition) is 8. The fraction of sp³-hybridized carbons (Fsp3) is 0.409. The summed E-state index contributed by atoms with van der Waals surface area (Å²) < 4.78 is 0. The average Bonchev–Trinajstić information content (AvgIpc) is 2.68. The van der Waals surface area contributed by atoms with Crippen LogP contribution in [0.25, 0.3) is 5.76 Å². The van der Waals surface area contributed by atoms with Crippen LogP contribution in [-0.4, -0.2) is 72.4 Å². The molecule has 1 fully saturated rings. The number of fused-ring (bicyclic) bond motifs is 3. The summed E-state index contributed by atoms with van der Waals surface area (Å²) >= 11 is 0. The Labute approximate surface area is 183 Å². The van der Waals surface area contributed by atoms with E-state index in [9.17, 15) is 40.5 Å². The molecule has 9 N–H and O–H groups in total. The van der Waals surface area contributed by atoms with Gasteiger partial charge >= 0.3 is 0 Å². The number of phenols is 1. The normalized spacial score (nSPS) is 34.1. The Bertz CT molecular complexity index is 1130. The van der Waals surface area contributed by atoms with E-state index >= 15 is 0 Å². The van der Waals surface area contributed by atoms with Crippen molar-refractivity contribution in [1.29, 1.82) is 0 Å². The molecule has 0 aliphatic heterocycles. The lowest BCUT2D eigenvalue weighted by Crippen LogP contribution is -2.62. The van der Waals surface area contributed by atoms with Crippen LogP contribution >= 0.6 is 0 Å². The number of hydrogen-bond acceptors (Lipinski definition) is 9. The van der Waals surface area contributed by atoms with Gasteiger partial charge in [0.05, 0.1) is 16.9 Å². The van der Waals surface area contributed by atoms with E-state index in [0.717, 1.165) is 0 Å². The first-order valence-electron chi connectivity index (χ1n) is 10.0. The van der Waals surface area contributed by atoms with E-state index in [2.05, 4.69) is 0 Å². The monoisotopic (exact) mass is 446 g/mol. The van der Waals surface area contributed by atoms with Crippen LogP contribution in [0.3, 0.4) is 0 Å². The number of aromatic hydroxyl groups is 1. The number of primary amides is 1. The van der Waals surface area contributed by atoms with Gasteiger partial charge in [0.1, 0.15) is 28.9 Å². The lowest BCUT2D eigenvalue weighted by atomic mass is 9.55. The molecule has 1 saturated carbocycles. The molecular weight excluding hydrogens is 420 g/mol. The number of rotatable bonds is 2. The minimum Gasteiger partial charge on any atom is -0.508 e. The molecule has 0 spiro atoms. The van der Waals surface area contributed by atoms with E-state index < -0.39 is 57.9 Å². The van der Waals surface area contributed by atoms with Crippen molar-refractivity contribution in [2.45, 2.75) is 30.7 Å². The van der Waals surface area contributed by atoms with Crippen LogP contribution in [0, 0.1) is 11.8 Å². The number of nitrogens with two attached hydrogens (primary N) is 1. The Morgan fingerprint density at radius 2 is 1.72 bits per heavy atom. The predicted octanol–water partition coefficient (Wildman–Crippen LogP) is 0.253. The first-order valence-corrected chi connectivity index (χ1v) is 10.0. The minimum absolute atomic E-state index is 0.0224. The first-order chi connectivity index (χ1) is 14.8. The summed E-state index contributed by atoms with van der Waals surface area (Å²) in [4.78, 5) is 13.4. The van der Waals surface area contributed by atoms with E-state index in [1.807, 2.05) is 0 Å². The van der Waals surface area contributed by atoms with Crippen LogP contribution in [0.4, 0.5) is 0 Å². The minimum atomic E-state index is -2.55. The zero-order chi connectivity index (χ0) is 23.9. The van der Waals surface area contributed by atoms with Crippen LogP contribution in [0.15, 0.2) is 46.6 Å². The third-order valence-electron chi connectivity index (χ3n) is 7.02. The van der Waals surface area contributed by atoms with Crippen molar-refractivity contribution in [2.75, 3.05) is 14.1 Å². The van der Waals surface area contributed by atoms with Gasteiger partial charge in [0.15, 0.2) is 11.4 Å². The lowest BCUT2D eigenvalue weighted by Gasteiger charge is -2.54. The Morgan fingerprint density at radius 1 is 1.09 bits per heavy atom. The summed E-state index contributed by atoms with van der Waals surface area (Å²) in [6, 6.07) is 4.33. The second kappa shape index (κ2) is 6.64. The van der Waals surface area contributed by atoms with Gasteiger partial charge in [0, 0.05) is 31.5 Å². The average molecular weight is 446 g/mol. The Hall–Kier alpha value is -3.21. The maximum Gasteiger partial charge on any atom is 0.256 e. The molecule has 3 aliphatic rings. The fourth-order valence-corrected chi connectivity index (χ4v) is 5.51. The summed E-state index contributed by atoms with van der Waals surface area (Å²) in [5, 5.41) is 77.3. The van der Waals surface area contributed by atoms with Gasteiger partial charge in [-0.25, -0.2) is 0 Å². The number of phenolic OH excluding ortho intramolecular Hbond substituents is 1. The molecule has 0 saturated heterocycles. The zero-order valence-electron chi connectivity index (χ0n) is 17.7. The maximum atomic E-state index is 12.0. The molecule has 10 nitrogen and oxygen atoms in total. The molecule has 1 amide bonds. The van der Waals surface area contributed by atoms with Crippen molar-refractivity contribution in [2.24, 2.45) is 17.6 Å². The Morgan fingerprint density at radius 3 is 2.28 bits per heavy atom. The van der Waals surface area contributed by atoms with Gasteiger partial charge in [-0.1, -0.05) is 12.1 Å². The third kappa shape index (κ3) is 2.48. The standard InChI is InChI=1S/C22H26N2O8/c1-21(31)8-5-4-6-11(25)12(8)16(26)13-9(21)7-10-15(24(2)3)17(27)14(20(23)30)19(29)22(10,32)18(13)28/h4-6,9-10,18,25-29,31-32H,7H2,1-3H3,(H2,23,30)/t9-,10-,18?,21+,22-/m0/s1. The molecule has 32 heavy (non-hydrogen) atoms. The topological polar surface area (TPSA) is 188 Å². The highest BCUT2D eigenvalue weighted by Crippen LogP contribution is 2.59. The predicted molar refractivity (Wildman–Crippen MR) is 112 cm³/mol. The molecular formula is C22H26N2O8. The number of carbonyl (C=O) groups is 1. The third-order valence-corrected chi connectivity index (χ3v) is 7.02. The van der Waals surface area contributed by atoms with Crippen molar-refractivity contribution < 1.29 is 40.5 Å². The van der Waals surface area contributed by atoms with E-state index in [1.54, 1.807) is 0 Å². The van der Waals surface area contributed by atoms with Gasteiger partial charge in [-0.3, -0.25) is 4.79 Å². The molecule has 5 atom stereocenters. The second-order valence-electron chi connectivity index (χ2n) is 8.94. The van der Waals surface area contributed by atoms with Crippen LogP contribution < -0.4 is 5.73 Å². The summed E-state index contributed by atoms with van der Waals surface area (Å²) in [5.74, 6) is -5.95. The molecule has 3 aliphatic carbocycles. The summed E-state index contributed by atoms with van der Waals surface area (Å²) in [6.07, 6.45) is -2.15. The Balaban J connectivity index is 2.05. The van der Waals surface area contributed by atoms with Gasteiger partial charge in [-0.2, -0.15) is 0 Å². The van der Waals surface area contributed by atoms with Crippen molar-refractivity contribution >= 4 is 11.7 Å². The second-order valence-corrected chi connectivity index (χ2v) is 8.94. The van der Waals surface area contributed by atoms with Crippen LogP contribution in [0.5, 0.6) is 5.75 Å². The molecule has 0 bridgehead atoms. The number of benzene rings is 1. The number of aliphatic hydroxyl groups excluding tert-OH is 4. The van der Waals surface area contributed by atoms with Gasteiger partial charge in [-0.05, 0) is 25.0 Å². The smallest absolute Gasteiger partial charge is 0.256 e. The lowest BCUT2D eigenvalue weighted by molar-refractivity contribution is -0.140. The summed E-state index contributed by atoms with van der Waals surface area (Å²) in [5.41, 5.74) is 0.246. The summed E-state index contributed by atoms with van der Waals surface area (Å²) in [6.45, 7) is 1.45. The van der Waals surface area contributed by atoms with E-state index in [-0.39, 0.29) is 34.6 Å². The number of amides is 1. The Kier molecular flexibility index (Phi) is 4.57. The molecule has 1 unspecified atom stereocenters. The van der Waals surface area contributed by atoms with Crippen LogP contribution in [0.2, 0.25) is 0 Å². The number of nitrogens with zero attached hydrogens (tertiary/aromatic N) is 1. The first kappa shape index (κ1) is 22.0.